The standard InChI is InChI=1S/C19H22N2O5S/c1-13-8-9-14(12-15(13)21-10-5-11-27(21,23)24)20-19(22)18-16(25-2)6-4-7-17(18)26-3/h4,6-9,12H,5,10-11H2,1-3H3,(H,20,22). The highest BCUT2D eigenvalue weighted by molar-refractivity contribution is 7.93. The van der Waals surface area contributed by atoms with Gasteiger partial charge in [0.15, 0.2) is 0 Å². The lowest BCUT2D eigenvalue weighted by atomic mass is 10.1. The first-order chi connectivity index (χ1) is 12.9. The van der Waals surface area contributed by atoms with Gasteiger partial charge in [-0.15, -0.1) is 0 Å². The fraction of sp³-hybridized carbons (Fsp3) is 0.316. The molecule has 0 unspecified atom stereocenters. The minimum Gasteiger partial charge on any atom is -0.496 e. The first-order valence-electron chi connectivity index (χ1n) is 8.51. The summed E-state index contributed by atoms with van der Waals surface area (Å²) in [5.74, 6) is 0.521. The predicted octanol–water partition coefficient (Wildman–Crippen LogP) is 2.80. The first kappa shape index (κ1) is 19.0. The molecule has 1 N–H and O–H groups in total. The Morgan fingerprint density at radius 3 is 2.33 bits per heavy atom. The number of methoxy groups -OCH3 is 2. The Balaban J connectivity index is 1.94. The average molecular weight is 390 g/mol. The molecule has 1 aliphatic rings. The van der Waals surface area contributed by atoms with Gasteiger partial charge in [0.05, 0.1) is 25.7 Å². The van der Waals surface area contributed by atoms with E-state index in [1.54, 1.807) is 36.4 Å². The molecule has 1 amide bonds. The SMILES string of the molecule is COc1cccc(OC)c1C(=O)Nc1ccc(C)c(N2CCCS2(=O)=O)c1. The van der Waals surface area contributed by atoms with Gasteiger partial charge in [0.1, 0.15) is 17.1 Å². The fourth-order valence-corrected chi connectivity index (χ4v) is 4.75. The predicted molar refractivity (Wildman–Crippen MR) is 104 cm³/mol. The van der Waals surface area contributed by atoms with Crippen LogP contribution in [0, 0.1) is 6.92 Å². The zero-order valence-corrected chi connectivity index (χ0v) is 16.3. The van der Waals surface area contributed by atoms with Crippen LogP contribution in [0.4, 0.5) is 11.4 Å². The van der Waals surface area contributed by atoms with E-state index in [1.807, 2.05) is 6.92 Å². The van der Waals surface area contributed by atoms with Crippen LogP contribution in [0.2, 0.25) is 0 Å². The molecular weight excluding hydrogens is 368 g/mol. The maximum absolute atomic E-state index is 12.8. The molecule has 0 radical (unpaired) electrons. The second-order valence-electron chi connectivity index (χ2n) is 6.23. The van der Waals surface area contributed by atoms with Gasteiger partial charge in [-0.1, -0.05) is 12.1 Å². The molecule has 1 aliphatic heterocycles. The second kappa shape index (κ2) is 7.48. The lowest BCUT2D eigenvalue weighted by Crippen LogP contribution is -2.26. The highest BCUT2D eigenvalue weighted by Crippen LogP contribution is 2.32. The van der Waals surface area contributed by atoms with E-state index in [0.717, 1.165) is 5.56 Å². The van der Waals surface area contributed by atoms with E-state index < -0.39 is 15.9 Å². The number of nitrogens with zero attached hydrogens (tertiary/aromatic N) is 1. The Labute approximate surface area is 158 Å². The number of anilines is 2. The summed E-state index contributed by atoms with van der Waals surface area (Å²) in [4.78, 5) is 12.8. The smallest absolute Gasteiger partial charge is 0.263 e. The van der Waals surface area contributed by atoms with E-state index in [4.69, 9.17) is 9.47 Å². The van der Waals surface area contributed by atoms with Gasteiger partial charge in [-0.05, 0) is 43.2 Å². The maximum atomic E-state index is 12.8. The summed E-state index contributed by atoms with van der Waals surface area (Å²) in [6, 6.07) is 10.3. The number of aryl methyl sites for hydroxylation is 1. The summed E-state index contributed by atoms with van der Waals surface area (Å²) in [6.07, 6.45) is 0.594. The second-order valence-corrected chi connectivity index (χ2v) is 8.25. The molecule has 2 aromatic rings. The van der Waals surface area contributed by atoms with E-state index in [9.17, 15) is 13.2 Å². The molecule has 2 aromatic carbocycles. The summed E-state index contributed by atoms with van der Waals surface area (Å²) in [5, 5.41) is 2.81. The fourth-order valence-electron chi connectivity index (χ4n) is 3.13. The normalized spacial score (nSPS) is 15.4. The van der Waals surface area contributed by atoms with Crippen molar-refractivity contribution < 1.29 is 22.7 Å². The van der Waals surface area contributed by atoms with Crippen molar-refractivity contribution in [3.63, 3.8) is 0 Å². The first-order valence-corrected chi connectivity index (χ1v) is 10.1. The molecule has 0 saturated carbocycles. The van der Waals surface area contributed by atoms with Gasteiger partial charge in [-0.3, -0.25) is 9.10 Å². The van der Waals surface area contributed by atoms with Gasteiger partial charge in [-0.25, -0.2) is 8.42 Å². The van der Waals surface area contributed by atoms with E-state index in [1.165, 1.54) is 18.5 Å². The van der Waals surface area contributed by atoms with Crippen LogP contribution in [0.25, 0.3) is 0 Å². The molecule has 1 heterocycles. The third-order valence-corrected chi connectivity index (χ3v) is 6.35. The number of carbonyl (C=O) groups is 1. The highest BCUT2D eigenvalue weighted by Gasteiger charge is 2.29. The van der Waals surface area contributed by atoms with Gasteiger partial charge in [0, 0.05) is 12.2 Å². The minimum atomic E-state index is -3.30. The zero-order valence-electron chi connectivity index (χ0n) is 15.5. The summed E-state index contributed by atoms with van der Waals surface area (Å²) in [7, 11) is -0.341. The van der Waals surface area contributed by atoms with Gasteiger partial charge in [-0.2, -0.15) is 0 Å². The molecule has 0 bridgehead atoms. The largest absolute Gasteiger partial charge is 0.496 e. The summed E-state index contributed by atoms with van der Waals surface area (Å²) in [5.41, 5.74) is 2.18. The molecule has 1 saturated heterocycles. The van der Waals surface area contributed by atoms with Crippen LogP contribution in [0.1, 0.15) is 22.3 Å². The molecule has 144 valence electrons. The Hall–Kier alpha value is -2.74. The molecule has 8 heteroatoms. The monoisotopic (exact) mass is 390 g/mol. The lowest BCUT2D eigenvalue weighted by Gasteiger charge is -2.20. The van der Waals surface area contributed by atoms with Crippen LogP contribution in [0.15, 0.2) is 36.4 Å². The molecule has 27 heavy (non-hydrogen) atoms. The Morgan fingerprint density at radius 1 is 1.11 bits per heavy atom. The lowest BCUT2D eigenvalue weighted by molar-refractivity contribution is 0.102. The number of sulfonamides is 1. The third-order valence-electron chi connectivity index (χ3n) is 4.49. The number of amides is 1. The van der Waals surface area contributed by atoms with Crippen molar-refractivity contribution in [3.8, 4) is 11.5 Å². The maximum Gasteiger partial charge on any atom is 0.263 e. The summed E-state index contributed by atoms with van der Waals surface area (Å²) in [6.45, 7) is 2.29. The Bertz CT molecular complexity index is 950. The van der Waals surface area contributed by atoms with E-state index in [-0.39, 0.29) is 11.3 Å². The molecule has 0 aromatic heterocycles. The third kappa shape index (κ3) is 3.71. The Kier molecular flexibility index (Phi) is 5.27. The summed E-state index contributed by atoms with van der Waals surface area (Å²) < 4.78 is 36.4. The average Bonchev–Trinajstić information content (AvgIpc) is 3.01. The van der Waals surface area contributed by atoms with Crippen LogP contribution < -0.4 is 19.1 Å². The van der Waals surface area contributed by atoms with Crippen molar-refractivity contribution in [2.24, 2.45) is 0 Å². The highest BCUT2D eigenvalue weighted by atomic mass is 32.2. The van der Waals surface area contributed by atoms with Crippen LogP contribution in [-0.4, -0.2) is 40.8 Å². The molecule has 0 atom stereocenters. The van der Waals surface area contributed by atoms with Crippen molar-refractivity contribution in [2.45, 2.75) is 13.3 Å². The van der Waals surface area contributed by atoms with Crippen LogP contribution in [-0.2, 0) is 10.0 Å². The van der Waals surface area contributed by atoms with Gasteiger partial charge >= 0.3 is 0 Å². The number of hydrogen-bond acceptors (Lipinski definition) is 5. The van der Waals surface area contributed by atoms with Crippen molar-refractivity contribution >= 4 is 27.3 Å². The van der Waals surface area contributed by atoms with Crippen molar-refractivity contribution in [1.29, 1.82) is 0 Å². The summed E-state index contributed by atoms with van der Waals surface area (Å²) >= 11 is 0. The van der Waals surface area contributed by atoms with E-state index in [0.29, 0.717) is 35.8 Å². The number of ether oxygens (including phenoxy) is 2. The molecule has 3 rings (SSSR count). The van der Waals surface area contributed by atoms with Crippen molar-refractivity contribution in [1.82, 2.24) is 0 Å². The number of hydrogen-bond donors (Lipinski definition) is 1. The molecule has 1 fully saturated rings. The molecule has 0 aliphatic carbocycles. The van der Waals surface area contributed by atoms with E-state index in [2.05, 4.69) is 5.32 Å². The minimum absolute atomic E-state index is 0.140. The topological polar surface area (TPSA) is 84.9 Å². The molecule has 7 nitrogen and oxygen atoms in total. The molecule has 0 spiro atoms. The van der Waals surface area contributed by atoms with Crippen molar-refractivity contribution in [3.05, 3.63) is 47.5 Å². The number of benzene rings is 2. The van der Waals surface area contributed by atoms with E-state index >= 15 is 0 Å². The number of nitrogens with one attached hydrogen (secondary N) is 1. The van der Waals surface area contributed by atoms with Gasteiger partial charge in [0.2, 0.25) is 10.0 Å². The van der Waals surface area contributed by atoms with Crippen molar-refractivity contribution in [2.75, 3.05) is 36.1 Å². The zero-order chi connectivity index (χ0) is 19.6. The van der Waals surface area contributed by atoms with Crippen LogP contribution in [0.5, 0.6) is 11.5 Å². The number of rotatable bonds is 5. The quantitative estimate of drug-likeness (QED) is 0.849. The van der Waals surface area contributed by atoms with Gasteiger partial charge < -0.3 is 14.8 Å². The molecular formula is C19H22N2O5S. The number of carbonyl (C=O) groups excluding carboxylic acids is 1. The van der Waals surface area contributed by atoms with Crippen LogP contribution >= 0.6 is 0 Å². The van der Waals surface area contributed by atoms with Crippen LogP contribution in [0.3, 0.4) is 0 Å². The van der Waals surface area contributed by atoms with Gasteiger partial charge in [0.25, 0.3) is 5.91 Å². The Morgan fingerprint density at radius 2 is 1.78 bits per heavy atom.